The van der Waals surface area contributed by atoms with E-state index in [9.17, 15) is 0 Å². The highest BCUT2D eigenvalue weighted by Gasteiger charge is 2.89. The quantitative estimate of drug-likeness (QED) is 0.347. The largest absolute Gasteiger partial charge is 0.381 e. The maximum absolute atomic E-state index is 15.6. The van der Waals surface area contributed by atoms with Gasteiger partial charge in [-0.05, 0) is 57.0 Å². The van der Waals surface area contributed by atoms with Crippen molar-refractivity contribution in [3.05, 3.63) is 90.0 Å². The Morgan fingerprint density at radius 1 is 0.667 bits per heavy atom. The first-order valence-corrected chi connectivity index (χ1v) is 24.1. The van der Waals surface area contributed by atoms with E-state index in [2.05, 4.69) is 5.32 Å². The average molecular weight is 865 g/mol. The zero-order chi connectivity index (χ0) is 39.7. The van der Waals surface area contributed by atoms with Gasteiger partial charge in [0.2, 0.25) is 9.74 Å². The lowest BCUT2D eigenvalue weighted by atomic mass is 9.54. The van der Waals surface area contributed by atoms with Crippen molar-refractivity contribution in [1.82, 2.24) is 19.6 Å². The van der Waals surface area contributed by atoms with Crippen molar-refractivity contribution in [3.63, 3.8) is 0 Å². The summed E-state index contributed by atoms with van der Waals surface area (Å²) in [5.74, 6) is -1.36. The number of para-hydroxylation sites is 2. The Balaban J connectivity index is 1.26. The molecule has 8 saturated heterocycles. The number of nitrogens with zero attached hydrogens (tertiary/aromatic N) is 5. The van der Waals surface area contributed by atoms with E-state index in [1.165, 1.54) is 83.6 Å². The molecule has 1 N–H and O–H groups in total. The second-order valence-electron chi connectivity index (χ2n) is 15.8. The second-order valence-corrected chi connectivity index (χ2v) is 23.0. The fourth-order valence-electron chi connectivity index (χ4n) is 11.3. The van der Waals surface area contributed by atoms with Crippen LogP contribution in [0.5, 0.6) is 0 Å². The summed E-state index contributed by atoms with van der Waals surface area (Å²) >= 11 is 0. The highest BCUT2D eigenvalue weighted by atomic mass is 33.1. The van der Waals surface area contributed by atoms with Crippen LogP contribution < -0.4 is 9.62 Å². The number of sulfonamides is 1. The summed E-state index contributed by atoms with van der Waals surface area (Å²) in [4.78, 5) is 61.5. The van der Waals surface area contributed by atoms with Gasteiger partial charge in [0.05, 0.1) is 34.6 Å². The van der Waals surface area contributed by atoms with Crippen LogP contribution in [0.1, 0.15) is 24.0 Å². The zero-order valence-corrected chi connectivity index (χ0v) is 35.1. The average Bonchev–Trinajstić information content (AvgIpc) is 3.90. The summed E-state index contributed by atoms with van der Waals surface area (Å²) in [5, 5.41) is 3.70. The monoisotopic (exact) mass is 864 g/mol. The number of ether oxygens (including phenoxy) is 2. The van der Waals surface area contributed by atoms with Gasteiger partial charge in [-0.15, -0.1) is 0 Å². The third-order valence-corrected chi connectivity index (χ3v) is 22.7. The molecular weight excluding hydrogens is 829 g/mol. The van der Waals surface area contributed by atoms with Crippen molar-refractivity contribution < 1.29 is 37.1 Å². The van der Waals surface area contributed by atoms with Crippen LogP contribution in [0.2, 0.25) is 0 Å². The normalized spacial score (nSPS) is 38.0. The molecule has 4 bridgehead atoms. The fraction of sp³-hybridized carbons (Fsp3) is 0.421. The third kappa shape index (κ3) is 3.71. The van der Waals surface area contributed by atoms with E-state index >= 15 is 27.6 Å². The number of nitrogens with one attached hydrogen (secondary N) is 1. The lowest BCUT2D eigenvalue weighted by molar-refractivity contribution is -0.167. The number of carbonyl (C=O) groups excluding carboxylic acids is 4. The molecule has 3 aromatic carbocycles. The summed E-state index contributed by atoms with van der Waals surface area (Å²) in [5.41, 5.74) is -0.235. The van der Waals surface area contributed by atoms with Gasteiger partial charge in [0.1, 0.15) is 12.3 Å². The van der Waals surface area contributed by atoms with E-state index < -0.39 is 58.6 Å². The molecule has 0 aliphatic carbocycles. The Kier molecular flexibility index (Phi) is 7.27. The zero-order valence-electron chi connectivity index (χ0n) is 31.0. The van der Waals surface area contributed by atoms with Crippen molar-refractivity contribution in [1.29, 1.82) is 0 Å². The van der Waals surface area contributed by atoms with Crippen molar-refractivity contribution >= 4 is 88.2 Å². The third-order valence-electron chi connectivity index (χ3n) is 13.6. The van der Waals surface area contributed by atoms with Gasteiger partial charge in [-0.2, -0.15) is 0 Å². The molecule has 1 unspecified atom stereocenters. The number of methoxy groups -OCH3 is 2. The van der Waals surface area contributed by atoms with Gasteiger partial charge in [-0.25, -0.2) is 12.7 Å². The number of rotatable bonds is 7. The van der Waals surface area contributed by atoms with Crippen molar-refractivity contribution in [2.45, 2.75) is 60.4 Å². The molecule has 0 radical (unpaired) electrons. The molecule has 8 fully saturated rings. The smallest absolute Gasteiger partial charge is 0.266 e. The van der Waals surface area contributed by atoms with Crippen LogP contribution in [-0.2, 0) is 49.5 Å². The molecule has 14 nitrogen and oxygen atoms in total. The van der Waals surface area contributed by atoms with Crippen LogP contribution >= 0.6 is 43.2 Å². The summed E-state index contributed by atoms with van der Waals surface area (Å²) in [6.07, 6.45) is -2.15. The van der Waals surface area contributed by atoms with Gasteiger partial charge < -0.3 is 24.6 Å². The Labute approximate surface area is 344 Å². The second kappa shape index (κ2) is 11.4. The highest BCUT2D eigenvalue weighted by molar-refractivity contribution is 8.78. The van der Waals surface area contributed by atoms with Gasteiger partial charge in [-0.1, -0.05) is 76.2 Å². The van der Waals surface area contributed by atoms with E-state index in [0.29, 0.717) is 11.3 Å². The lowest BCUT2D eigenvalue weighted by Gasteiger charge is -2.58. The first-order valence-electron chi connectivity index (χ1n) is 18.3. The van der Waals surface area contributed by atoms with Crippen LogP contribution in [-0.4, -0.2) is 125 Å². The van der Waals surface area contributed by atoms with Gasteiger partial charge in [0.25, 0.3) is 33.7 Å². The predicted molar refractivity (Wildman–Crippen MR) is 217 cm³/mol. The SMILES string of the molecule is COC[C@]12SS[C@@]3(C[C@]4(C56C[C@@]78SS[C@@](COC)(C(=O)N7[C@H]5N(S(=O)(=O)c5ccccc5)c5ccccc56)N(C)C8=O)c5ccccc5N[C@@H]4N3C1=O)C(=O)N2C. The minimum absolute atomic E-state index is 0.00614. The van der Waals surface area contributed by atoms with Gasteiger partial charge in [-0.3, -0.25) is 29.0 Å². The topological polar surface area (TPSA) is 149 Å². The molecule has 0 saturated carbocycles. The molecule has 10 heterocycles. The van der Waals surface area contributed by atoms with Gasteiger partial charge >= 0.3 is 0 Å². The minimum Gasteiger partial charge on any atom is -0.381 e. The van der Waals surface area contributed by atoms with E-state index in [4.69, 9.17) is 9.47 Å². The molecule has 0 aromatic heterocycles. The van der Waals surface area contributed by atoms with Gasteiger partial charge in [0.15, 0.2) is 9.74 Å². The first-order chi connectivity index (χ1) is 27.3. The Morgan fingerprint density at radius 2 is 1.19 bits per heavy atom. The van der Waals surface area contributed by atoms with E-state index in [-0.39, 0.29) is 48.7 Å². The molecule has 57 heavy (non-hydrogen) atoms. The lowest BCUT2D eigenvalue weighted by Crippen LogP contribution is -2.78. The minimum atomic E-state index is -4.46. The molecule has 13 rings (SSSR count). The van der Waals surface area contributed by atoms with Crippen molar-refractivity contribution in [2.75, 3.05) is 51.2 Å². The standard InChI is InChI=1S/C38H36N6O8S5/c1-40-29(45)35-18-33(23-14-8-10-16-25(23)39-27(33)42(35)31(47)37(40,20-51-3)55-53-35)34-19-36-30(46)41(2)38(21-52-4,56-54-36)32(48)43(36)28(34)44(26-17-11-9-15-24(26)34)57(49,50)22-12-6-5-7-13-22/h5-17,27-28,39H,18-21H2,1-4H3/t27-,28+,33+,34?,35+,36+,37+,38+/m1/s1. The molecule has 10 aliphatic rings. The number of anilines is 2. The van der Waals surface area contributed by atoms with Crippen molar-refractivity contribution in [3.8, 4) is 0 Å². The number of piperazine rings is 2. The van der Waals surface area contributed by atoms with Crippen molar-refractivity contribution in [2.24, 2.45) is 0 Å². The number of hydrogen-bond donors (Lipinski definition) is 1. The van der Waals surface area contributed by atoms with Gasteiger partial charge in [0, 0.05) is 46.8 Å². The number of benzene rings is 3. The predicted octanol–water partition coefficient (Wildman–Crippen LogP) is 3.43. The molecule has 8 atom stereocenters. The summed E-state index contributed by atoms with van der Waals surface area (Å²) in [6, 6.07) is 23.1. The number of fused-ring (bicyclic) bond motifs is 11. The maximum atomic E-state index is 15.6. The van der Waals surface area contributed by atoms with E-state index in [1.54, 1.807) is 54.2 Å². The fourth-order valence-corrected chi connectivity index (χ4v) is 20.5. The number of hydrogen-bond acceptors (Lipinski definition) is 13. The van der Waals surface area contributed by atoms with Crippen LogP contribution in [0.15, 0.2) is 83.8 Å². The summed E-state index contributed by atoms with van der Waals surface area (Å²) in [6.45, 7) is -0.178. The molecule has 19 heteroatoms. The maximum Gasteiger partial charge on any atom is 0.266 e. The molecule has 10 aliphatic heterocycles. The molecule has 4 amide bonds. The Hall–Kier alpha value is -3.59. The van der Waals surface area contributed by atoms with E-state index in [1.807, 2.05) is 36.4 Å². The van der Waals surface area contributed by atoms with Crippen LogP contribution in [0.4, 0.5) is 11.4 Å². The molecule has 3 aromatic rings. The molecule has 296 valence electrons. The molecule has 2 spiro atoms. The van der Waals surface area contributed by atoms with E-state index in [0.717, 1.165) is 11.3 Å². The Morgan fingerprint density at radius 3 is 1.82 bits per heavy atom. The highest BCUT2D eigenvalue weighted by Crippen LogP contribution is 2.79. The summed E-state index contributed by atoms with van der Waals surface area (Å²) < 4.78 is 43.6. The number of likely N-dealkylation sites (N-methyl/N-ethyl adjacent to an activating group) is 2. The van der Waals surface area contributed by atoms with Crippen LogP contribution in [0.3, 0.4) is 0 Å². The first kappa shape index (κ1) is 36.5. The number of amides is 4. The van der Waals surface area contributed by atoms with Crippen LogP contribution in [0, 0.1) is 0 Å². The summed E-state index contributed by atoms with van der Waals surface area (Å²) in [7, 11) is 6.92. The van der Waals surface area contributed by atoms with Crippen LogP contribution in [0.25, 0.3) is 0 Å². The molecular formula is C38H36N6O8S5. The number of carbonyl (C=O) groups is 4. The Bertz CT molecular complexity index is 2480.